The van der Waals surface area contributed by atoms with Crippen LogP contribution in [0.3, 0.4) is 0 Å². The molecule has 0 atom stereocenters. The van der Waals surface area contributed by atoms with Gasteiger partial charge in [0.15, 0.2) is 0 Å². The summed E-state index contributed by atoms with van der Waals surface area (Å²) in [6, 6.07) is 6.01. The molecule has 1 rings (SSSR count). The molecule has 0 aliphatic rings. The van der Waals surface area contributed by atoms with E-state index in [-0.39, 0.29) is 0 Å². The average molecular weight is 155 g/mol. The molecule has 0 N–H and O–H groups in total. The van der Waals surface area contributed by atoms with Crippen molar-refractivity contribution in [2.75, 3.05) is 0 Å². The molecular formula is C9H11Cl. The standard InChI is InChI=1S/C9H11Cl/c1-3-8-7(2)5-4-6-9(8)10/h4-6H,3H2,1-2H3. The summed E-state index contributed by atoms with van der Waals surface area (Å²) in [6.45, 7) is 4.21. The van der Waals surface area contributed by atoms with E-state index in [0.717, 1.165) is 11.4 Å². The molecule has 10 heavy (non-hydrogen) atoms. The van der Waals surface area contributed by atoms with Crippen molar-refractivity contribution in [3.8, 4) is 0 Å². The topological polar surface area (TPSA) is 0 Å². The lowest BCUT2D eigenvalue weighted by molar-refractivity contribution is 1.11. The quantitative estimate of drug-likeness (QED) is 0.583. The second kappa shape index (κ2) is 3.07. The number of hydrogen-bond donors (Lipinski definition) is 0. The van der Waals surface area contributed by atoms with Crippen LogP contribution < -0.4 is 0 Å². The van der Waals surface area contributed by atoms with Crippen molar-refractivity contribution in [3.05, 3.63) is 34.3 Å². The van der Waals surface area contributed by atoms with E-state index >= 15 is 0 Å². The predicted molar refractivity (Wildman–Crippen MR) is 45.6 cm³/mol. The largest absolute Gasteiger partial charge is 0.0840 e. The van der Waals surface area contributed by atoms with Crippen molar-refractivity contribution < 1.29 is 0 Å². The van der Waals surface area contributed by atoms with Crippen LogP contribution in [0.15, 0.2) is 18.2 Å². The molecule has 0 nitrogen and oxygen atoms in total. The highest BCUT2D eigenvalue weighted by molar-refractivity contribution is 6.31. The summed E-state index contributed by atoms with van der Waals surface area (Å²) in [5.41, 5.74) is 2.55. The lowest BCUT2D eigenvalue weighted by atomic mass is 10.1. The molecule has 0 aliphatic carbocycles. The molecule has 0 unspecified atom stereocenters. The van der Waals surface area contributed by atoms with Gasteiger partial charge < -0.3 is 0 Å². The van der Waals surface area contributed by atoms with Crippen LogP contribution in [0.1, 0.15) is 18.1 Å². The lowest BCUT2D eigenvalue weighted by Gasteiger charge is -2.03. The Morgan fingerprint density at radius 1 is 1.40 bits per heavy atom. The van der Waals surface area contributed by atoms with Gasteiger partial charge in [0, 0.05) is 5.02 Å². The van der Waals surface area contributed by atoms with Crippen molar-refractivity contribution in [1.29, 1.82) is 0 Å². The van der Waals surface area contributed by atoms with Crippen molar-refractivity contribution in [3.63, 3.8) is 0 Å². The van der Waals surface area contributed by atoms with E-state index in [1.807, 2.05) is 12.1 Å². The fourth-order valence-corrected chi connectivity index (χ4v) is 1.47. The minimum atomic E-state index is 0.891. The maximum Gasteiger partial charge on any atom is 0.0440 e. The minimum Gasteiger partial charge on any atom is -0.0840 e. The van der Waals surface area contributed by atoms with Crippen LogP contribution in [0.25, 0.3) is 0 Å². The molecule has 0 amide bonds. The third-order valence-electron chi connectivity index (χ3n) is 1.71. The van der Waals surface area contributed by atoms with E-state index in [9.17, 15) is 0 Å². The van der Waals surface area contributed by atoms with E-state index in [1.165, 1.54) is 11.1 Å². The second-order valence-electron chi connectivity index (χ2n) is 2.39. The van der Waals surface area contributed by atoms with Gasteiger partial charge in [0.25, 0.3) is 0 Å². The van der Waals surface area contributed by atoms with Gasteiger partial charge in [-0.2, -0.15) is 0 Å². The maximum atomic E-state index is 5.93. The summed E-state index contributed by atoms with van der Waals surface area (Å²) in [4.78, 5) is 0. The Kier molecular flexibility index (Phi) is 2.34. The number of benzene rings is 1. The summed E-state index contributed by atoms with van der Waals surface area (Å²) in [5.74, 6) is 0. The highest BCUT2D eigenvalue weighted by Gasteiger charge is 1.98. The third kappa shape index (κ3) is 1.32. The smallest absolute Gasteiger partial charge is 0.0440 e. The van der Waals surface area contributed by atoms with Gasteiger partial charge in [0.1, 0.15) is 0 Å². The molecule has 1 aromatic rings. The van der Waals surface area contributed by atoms with Crippen LogP contribution >= 0.6 is 11.6 Å². The van der Waals surface area contributed by atoms with Gasteiger partial charge >= 0.3 is 0 Å². The fraction of sp³-hybridized carbons (Fsp3) is 0.333. The number of halogens is 1. The van der Waals surface area contributed by atoms with Gasteiger partial charge in [0.05, 0.1) is 0 Å². The normalized spacial score (nSPS) is 9.90. The zero-order chi connectivity index (χ0) is 7.56. The Morgan fingerprint density at radius 2 is 2.10 bits per heavy atom. The first-order valence-electron chi connectivity index (χ1n) is 3.49. The molecule has 1 heteroatoms. The Bertz CT molecular complexity index is 208. The van der Waals surface area contributed by atoms with Crippen molar-refractivity contribution >= 4 is 11.6 Å². The summed E-state index contributed by atoms with van der Waals surface area (Å²) in [6.07, 6.45) is 1.02. The number of hydrogen-bond acceptors (Lipinski definition) is 0. The summed E-state index contributed by atoms with van der Waals surface area (Å²) < 4.78 is 0. The molecule has 0 aromatic heterocycles. The van der Waals surface area contributed by atoms with E-state index in [0.29, 0.717) is 0 Å². The van der Waals surface area contributed by atoms with Crippen molar-refractivity contribution in [1.82, 2.24) is 0 Å². The maximum absolute atomic E-state index is 5.93. The molecule has 0 saturated carbocycles. The summed E-state index contributed by atoms with van der Waals surface area (Å²) >= 11 is 5.93. The average Bonchev–Trinajstić information content (AvgIpc) is 1.88. The SMILES string of the molecule is CCc1c(C)cccc1Cl. The van der Waals surface area contributed by atoms with Gasteiger partial charge in [-0.3, -0.25) is 0 Å². The van der Waals surface area contributed by atoms with Gasteiger partial charge in [-0.1, -0.05) is 30.7 Å². The van der Waals surface area contributed by atoms with Crippen LogP contribution in [0.4, 0.5) is 0 Å². The van der Waals surface area contributed by atoms with Crippen LogP contribution in [-0.4, -0.2) is 0 Å². The Morgan fingerprint density at radius 3 is 2.50 bits per heavy atom. The molecule has 0 fully saturated rings. The van der Waals surface area contributed by atoms with E-state index in [4.69, 9.17) is 11.6 Å². The van der Waals surface area contributed by atoms with Gasteiger partial charge in [-0.05, 0) is 30.5 Å². The third-order valence-corrected chi connectivity index (χ3v) is 2.06. The van der Waals surface area contributed by atoms with Crippen LogP contribution in [-0.2, 0) is 6.42 Å². The van der Waals surface area contributed by atoms with Crippen LogP contribution in [0, 0.1) is 6.92 Å². The van der Waals surface area contributed by atoms with Gasteiger partial charge in [-0.25, -0.2) is 0 Å². The number of aryl methyl sites for hydroxylation is 1. The van der Waals surface area contributed by atoms with Crippen LogP contribution in [0.2, 0.25) is 5.02 Å². The molecule has 0 saturated heterocycles. The van der Waals surface area contributed by atoms with Gasteiger partial charge in [-0.15, -0.1) is 0 Å². The van der Waals surface area contributed by atoms with E-state index in [2.05, 4.69) is 19.9 Å². The first-order chi connectivity index (χ1) is 4.75. The molecular weight excluding hydrogens is 144 g/mol. The van der Waals surface area contributed by atoms with Gasteiger partial charge in [0.2, 0.25) is 0 Å². The Hall–Kier alpha value is -0.490. The first-order valence-corrected chi connectivity index (χ1v) is 3.87. The lowest BCUT2D eigenvalue weighted by Crippen LogP contribution is -1.85. The number of rotatable bonds is 1. The van der Waals surface area contributed by atoms with E-state index < -0.39 is 0 Å². The summed E-state index contributed by atoms with van der Waals surface area (Å²) in [7, 11) is 0. The highest BCUT2D eigenvalue weighted by Crippen LogP contribution is 2.19. The highest BCUT2D eigenvalue weighted by atomic mass is 35.5. The fourth-order valence-electron chi connectivity index (χ4n) is 1.11. The van der Waals surface area contributed by atoms with Crippen LogP contribution in [0.5, 0.6) is 0 Å². The monoisotopic (exact) mass is 154 g/mol. The Labute approximate surface area is 66.8 Å². The zero-order valence-corrected chi connectivity index (χ0v) is 7.07. The van der Waals surface area contributed by atoms with Crippen molar-refractivity contribution in [2.24, 2.45) is 0 Å². The second-order valence-corrected chi connectivity index (χ2v) is 2.80. The molecule has 0 aliphatic heterocycles. The molecule has 0 radical (unpaired) electrons. The molecule has 0 spiro atoms. The molecule has 1 aromatic carbocycles. The minimum absolute atomic E-state index is 0.891. The van der Waals surface area contributed by atoms with E-state index in [1.54, 1.807) is 0 Å². The predicted octanol–water partition coefficient (Wildman–Crippen LogP) is 3.21. The zero-order valence-electron chi connectivity index (χ0n) is 6.32. The molecule has 54 valence electrons. The van der Waals surface area contributed by atoms with Crippen molar-refractivity contribution in [2.45, 2.75) is 20.3 Å². The molecule has 0 heterocycles. The first kappa shape index (κ1) is 7.62. The summed E-state index contributed by atoms with van der Waals surface area (Å²) in [5, 5.41) is 0.891. The Balaban J connectivity index is 3.17. The molecule has 0 bridgehead atoms.